The molecule has 0 saturated carbocycles. The molecule has 0 fully saturated rings. The third-order valence-electron chi connectivity index (χ3n) is 4.44. The van der Waals surface area contributed by atoms with E-state index in [0.29, 0.717) is 29.4 Å². The van der Waals surface area contributed by atoms with Crippen LogP contribution in [0.2, 0.25) is 0 Å². The number of nitrogens with zero attached hydrogens (tertiary/aromatic N) is 5. The zero-order valence-corrected chi connectivity index (χ0v) is 15.8. The topological polar surface area (TPSA) is 103 Å². The molecule has 0 radical (unpaired) electrons. The molecule has 4 rings (SSSR count). The van der Waals surface area contributed by atoms with Gasteiger partial charge in [-0.2, -0.15) is 10.4 Å². The van der Waals surface area contributed by atoms with E-state index in [2.05, 4.69) is 15.1 Å². The maximum atomic E-state index is 9.25. The molecule has 0 amide bonds. The van der Waals surface area contributed by atoms with Gasteiger partial charge in [-0.1, -0.05) is 36.4 Å². The normalized spacial score (nSPS) is 10.5. The minimum Gasteiger partial charge on any atom is -0.438 e. The molecule has 7 heteroatoms. The van der Waals surface area contributed by atoms with Crippen molar-refractivity contribution in [2.45, 2.75) is 6.54 Å². The average molecular weight is 382 g/mol. The van der Waals surface area contributed by atoms with Crippen LogP contribution >= 0.6 is 0 Å². The molecule has 0 spiro atoms. The van der Waals surface area contributed by atoms with E-state index in [1.165, 1.54) is 0 Å². The second-order valence-corrected chi connectivity index (χ2v) is 6.39. The lowest BCUT2D eigenvalue weighted by atomic mass is 10.1. The highest BCUT2D eigenvalue weighted by molar-refractivity contribution is 5.68. The van der Waals surface area contributed by atoms with E-state index in [1.807, 2.05) is 61.6 Å². The van der Waals surface area contributed by atoms with Crippen molar-refractivity contribution < 1.29 is 4.74 Å². The molecule has 0 bridgehead atoms. The summed E-state index contributed by atoms with van der Waals surface area (Å²) >= 11 is 0. The monoisotopic (exact) mass is 382 g/mol. The van der Waals surface area contributed by atoms with Crippen molar-refractivity contribution in [2.75, 3.05) is 0 Å². The number of nitrogens with two attached hydrogens (primary N) is 1. The predicted octanol–water partition coefficient (Wildman–Crippen LogP) is 3.67. The zero-order valence-electron chi connectivity index (χ0n) is 15.8. The van der Waals surface area contributed by atoms with Gasteiger partial charge in [0.25, 0.3) is 0 Å². The van der Waals surface area contributed by atoms with Crippen molar-refractivity contribution in [3.63, 3.8) is 0 Å². The molecule has 1 aromatic carbocycles. The Morgan fingerprint density at radius 3 is 2.55 bits per heavy atom. The van der Waals surface area contributed by atoms with Crippen LogP contribution in [0.25, 0.3) is 22.5 Å². The fraction of sp³-hybridized carbons (Fsp3) is 0.0909. The van der Waals surface area contributed by atoms with Crippen LogP contribution in [-0.2, 0) is 13.6 Å². The van der Waals surface area contributed by atoms with E-state index >= 15 is 0 Å². The summed E-state index contributed by atoms with van der Waals surface area (Å²) < 4.78 is 7.80. The van der Waals surface area contributed by atoms with Crippen LogP contribution in [0.5, 0.6) is 11.6 Å². The lowest BCUT2D eigenvalue weighted by molar-refractivity contribution is 0.431. The molecule has 142 valence electrons. The summed E-state index contributed by atoms with van der Waals surface area (Å²) in [6.45, 7) is 0.416. The Morgan fingerprint density at radius 2 is 1.86 bits per heavy atom. The van der Waals surface area contributed by atoms with Crippen LogP contribution in [0.1, 0.15) is 11.3 Å². The highest BCUT2D eigenvalue weighted by Crippen LogP contribution is 2.33. The number of aryl methyl sites for hydroxylation is 1. The van der Waals surface area contributed by atoms with Gasteiger partial charge in [-0.3, -0.25) is 4.98 Å². The Balaban J connectivity index is 1.73. The Morgan fingerprint density at radius 1 is 1.03 bits per heavy atom. The van der Waals surface area contributed by atoms with Gasteiger partial charge in [-0.25, -0.2) is 9.67 Å². The summed E-state index contributed by atoms with van der Waals surface area (Å²) in [5.74, 6) is 1.02. The van der Waals surface area contributed by atoms with Crippen molar-refractivity contribution in [2.24, 2.45) is 12.8 Å². The van der Waals surface area contributed by atoms with Crippen LogP contribution in [0.4, 0.5) is 0 Å². The van der Waals surface area contributed by atoms with Crippen LogP contribution in [0.3, 0.4) is 0 Å². The Hall–Kier alpha value is -4.02. The lowest BCUT2D eigenvalue weighted by Gasteiger charge is -2.11. The SMILES string of the molecule is Cn1nc(-c2ccccc2)cc1Oc1cc(C#N)ncc1-c1ccc(CN)cn1. The molecule has 0 aliphatic rings. The van der Waals surface area contributed by atoms with Crippen molar-refractivity contribution >= 4 is 0 Å². The second kappa shape index (κ2) is 7.92. The number of rotatable bonds is 5. The van der Waals surface area contributed by atoms with E-state index in [4.69, 9.17) is 10.5 Å². The smallest absolute Gasteiger partial charge is 0.218 e. The summed E-state index contributed by atoms with van der Waals surface area (Å²) in [6, 6.07) is 19.1. The minimum absolute atomic E-state index is 0.257. The van der Waals surface area contributed by atoms with Gasteiger partial charge >= 0.3 is 0 Å². The van der Waals surface area contributed by atoms with E-state index < -0.39 is 0 Å². The molecule has 4 aromatic rings. The van der Waals surface area contributed by atoms with Gasteiger partial charge < -0.3 is 10.5 Å². The van der Waals surface area contributed by atoms with Crippen LogP contribution < -0.4 is 10.5 Å². The Labute approximate surface area is 168 Å². The van der Waals surface area contributed by atoms with Gasteiger partial charge in [0, 0.05) is 43.7 Å². The van der Waals surface area contributed by atoms with E-state index in [1.54, 1.807) is 23.1 Å². The van der Waals surface area contributed by atoms with Gasteiger partial charge in [0.2, 0.25) is 5.88 Å². The number of ether oxygens (including phenoxy) is 1. The standard InChI is InChI=1S/C22H18N6O/c1-28-22(10-20(27-28)16-5-3-2-4-6-16)29-21-9-17(12-24)25-14-18(21)19-8-7-15(11-23)13-26-19/h2-10,13-14H,11,23H2,1H3. The van der Waals surface area contributed by atoms with Crippen molar-refractivity contribution in [3.05, 3.63) is 78.2 Å². The highest BCUT2D eigenvalue weighted by Gasteiger charge is 2.15. The van der Waals surface area contributed by atoms with Gasteiger partial charge in [0.05, 0.1) is 17.0 Å². The summed E-state index contributed by atoms with van der Waals surface area (Å²) in [7, 11) is 1.81. The Kier molecular flexibility index (Phi) is 5.01. The molecular weight excluding hydrogens is 364 g/mol. The molecule has 0 unspecified atom stereocenters. The molecule has 29 heavy (non-hydrogen) atoms. The fourth-order valence-electron chi connectivity index (χ4n) is 2.89. The van der Waals surface area contributed by atoms with Gasteiger partial charge in [0.1, 0.15) is 17.5 Å². The number of nitriles is 1. The first-order chi connectivity index (χ1) is 14.2. The molecular formula is C22H18N6O. The fourth-order valence-corrected chi connectivity index (χ4v) is 2.89. The van der Waals surface area contributed by atoms with Gasteiger partial charge in [-0.05, 0) is 11.6 Å². The number of hydrogen-bond donors (Lipinski definition) is 1. The number of pyridine rings is 2. The average Bonchev–Trinajstić information content (AvgIpc) is 3.14. The first kappa shape index (κ1) is 18.3. The summed E-state index contributed by atoms with van der Waals surface area (Å²) in [6.07, 6.45) is 3.31. The molecule has 3 heterocycles. The molecule has 2 N–H and O–H groups in total. The molecule has 0 atom stereocenters. The molecule has 0 saturated heterocycles. The number of benzene rings is 1. The summed E-state index contributed by atoms with van der Waals surface area (Å²) in [5.41, 5.74) is 9.98. The number of hydrogen-bond acceptors (Lipinski definition) is 6. The largest absolute Gasteiger partial charge is 0.438 e. The third kappa shape index (κ3) is 3.83. The Bertz CT molecular complexity index is 1180. The van der Waals surface area contributed by atoms with Gasteiger partial charge in [-0.15, -0.1) is 0 Å². The van der Waals surface area contributed by atoms with E-state index in [9.17, 15) is 5.26 Å². The van der Waals surface area contributed by atoms with Gasteiger partial charge in [0.15, 0.2) is 0 Å². The minimum atomic E-state index is 0.257. The third-order valence-corrected chi connectivity index (χ3v) is 4.44. The predicted molar refractivity (Wildman–Crippen MR) is 109 cm³/mol. The maximum Gasteiger partial charge on any atom is 0.218 e. The summed E-state index contributed by atoms with van der Waals surface area (Å²) in [4.78, 5) is 8.61. The van der Waals surface area contributed by atoms with Crippen molar-refractivity contribution in [1.82, 2.24) is 19.7 Å². The lowest BCUT2D eigenvalue weighted by Crippen LogP contribution is -1.99. The second-order valence-electron chi connectivity index (χ2n) is 6.39. The first-order valence-corrected chi connectivity index (χ1v) is 9.01. The van der Waals surface area contributed by atoms with Crippen LogP contribution in [-0.4, -0.2) is 19.7 Å². The van der Waals surface area contributed by atoms with Crippen LogP contribution in [0.15, 0.2) is 67.0 Å². The number of aromatic nitrogens is 4. The zero-order chi connectivity index (χ0) is 20.2. The van der Waals surface area contributed by atoms with Crippen molar-refractivity contribution in [1.29, 1.82) is 5.26 Å². The van der Waals surface area contributed by atoms with E-state index in [0.717, 1.165) is 16.8 Å². The summed E-state index contributed by atoms with van der Waals surface area (Å²) in [5, 5.41) is 13.8. The highest BCUT2D eigenvalue weighted by atomic mass is 16.5. The molecule has 7 nitrogen and oxygen atoms in total. The molecule has 0 aliphatic heterocycles. The maximum absolute atomic E-state index is 9.25. The van der Waals surface area contributed by atoms with E-state index in [-0.39, 0.29) is 5.69 Å². The molecule has 3 aromatic heterocycles. The quantitative estimate of drug-likeness (QED) is 0.565. The first-order valence-electron chi connectivity index (χ1n) is 9.01. The van der Waals surface area contributed by atoms with Crippen molar-refractivity contribution in [3.8, 4) is 40.2 Å². The van der Waals surface area contributed by atoms with Crippen LogP contribution in [0, 0.1) is 11.3 Å². The molecule has 0 aliphatic carbocycles.